The fraction of sp³-hybridized carbons (Fsp3) is 0.929. The number of fused-ring (bicyclic) bond motifs is 2. The molecule has 3 nitrogen and oxygen atoms in total. The van der Waals surface area contributed by atoms with Gasteiger partial charge in [-0.1, -0.05) is 6.42 Å². The van der Waals surface area contributed by atoms with Gasteiger partial charge in [-0.05, 0) is 50.2 Å². The number of piperazine rings is 1. The molecular weight excluding hydrogens is 242 g/mol. The lowest BCUT2D eigenvalue weighted by molar-refractivity contribution is -0.902. The lowest BCUT2D eigenvalue weighted by Gasteiger charge is -2.35. The number of nitrogens with zero attached hydrogens (tertiary/aromatic N) is 1. The van der Waals surface area contributed by atoms with Crippen LogP contribution in [0.3, 0.4) is 0 Å². The van der Waals surface area contributed by atoms with Crippen molar-refractivity contribution in [2.75, 3.05) is 32.7 Å². The molecule has 1 aliphatic heterocycles. The predicted octanol–water partition coefficient (Wildman–Crippen LogP) is 0.270. The van der Waals surface area contributed by atoms with E-state index in [1.54, 1.807) is 4.90 Å². The summed E-state index contributed by atoms with van der Waals surface area (Å²) in [5.74, 6) is 1.91. The van der Waals surface area contributed by atoms with Crippen molar-refractivity contribution in [1.82, 2.24) is 10.2 Å². The maximum atomic E-state index is 5.61. The number of likely N-dealkylation sites (N-methyl/N-ethyl adjacent to an activating group) is 1. The first-order valence-electron chi connectivity index (χ1n) is 7.65. The Labute approximate surface area is 116 Å². The van der Waals surface area contributed by atoms with E-state index in [1.165, 1.54) is 45.3 Å². The molecule has 2 aliphatic carbocycles. The standard InChI is InChI=1S/C14H25N3S/c1-2-16-5-7-17(8-6-16)14(18)15-13-10-11-3-4-12(13)9-11/h11-13H,2-10H2,1H3,(H,15,18)/p+1/t11-,12+,13-/m1/s1. The van der Waals surface area contributed by atoms with Crippen molar-refractivity contribution in [3.05, 3.63) is 0 Å². The first kappa shape index (κ1) is 12.7. The van der Waals surface area contributed by atoms with Gasteiger partial charge in [0.05, 0.1) is 32.7 Å². The van der Waals surface area contributed by atoms with Crippen LogP contribution in [-0.4, -0.2) is 48.8 Å². The maximum Gasteiger partial charge on any atom is 0.169 e. The summed E-state index contributed by atoms with van der Waals surface area (Å²) in [7, 11) is 0. The average Bonchev–Trinajstić information content (AvgIpc) is 3.01. The van der Waals surface area contributed by atoms with E-state index >= 15 is 0 Å². The van der Waals surface area contributed by atoms with Crippen molar-refractivity contribution in [2.45, 2.75) is 38.6 Å². The molecule has 3 aliphatic rings. The second-order valence-electron chi connectivity index (χ2n) is 6.32. The van der Waals surface area contributed by atoms with Crippen LogP contribution in [-0.2, 0) is 0 Å². The Morgan fingerprint density at radius 2 is 2.06 bits per heavy atom. The van der Waals surface area contributed by atoms with Crippen molar-refractivity contribution < 1.29 is 4.90 Å². The molecule has 3 fully saturated rings. The Hall–Kier alpha value is -0.350. The summed E-state index contributed by atoms with van der Waals surface area (Å²) in [6, 6.07) is 0.688. The summed E-state index contributed by atoms with van der Waals surface area (Å²) in [6.07, 6.45) is 5.71. The van der Waals surface area contributed by atoms with Crippen molar-refractivity contribution in [3.63, 3.8) is 0 Å². The van der Waals surface area contributed by atoms with Crippen LogP contribution in [0.15, 0.2) is 0 Å². The third kappa shape index (κ3) is 2.50. The summed E-state index contributed by atoms with van der Waals surface area (Å²) in [5.41, 5.74) is 0. The second kappa shape index (κ2) is 5.33. The van der Waals surface area contributed by atoms with Gasteiger partial charge in [0.25, 0.3) is 0 Å². The number of quaternary nitrogens is 1. The highest BCUT2D eigenvalue weighted by Gasteiger charge is 2.40. The van der Waals surface area contributed by atoms with Crippen molar-refractivity contribution in [1.29, 1.82) is 0 Å². The summed E-state index contributed by atoms with van der Waals surface area (Å²) in [4.78, 5) is 4.11. The first-order chi connectivity index (χ1) is 8.76. The van der Waals surface area contributed by atoms with Crippen molar-refractivity contribution in [3.8, 4) is 0 Å². The van der Waals surface area contributed by atoms with Crippen LogP contribution in [0, 0.1) is 11.8 Å². The number of nitrogens with one attached hydrogen (secondary N) is 2. The van der Waals surface area contributed by atoms with Gasteiger partial charge in [0.2, 0.25) is 0 Å². The van der Waals surface area contributed by atoms with Gasteiger partial charge in [-0.3, -0.25) is 0 Å². The number of rotatable bonds is 2. The quantitative estimate of drug-likeness (QED) is 0.702. The summed E-state index contributed by atoms with van der Waals surface area (Å²) < 4.78 is 0. The van der Waals surface area contributed by atoms with Crippen LogP contribution in [0.4, 0.5) is 0 Å². The topological polar surface area (TPSA) is 19.7 Å². The van der Waals surface area contributed by atoms with E-state index in [1.807, 2.05) is 0 Å². The number of hydrogen-bond acceptors (Lipinski definition) is 1. The molecule has 0 radical (unpaired) electrons. The van der Waals surface area contributed by atoms with Gasteiger partial charge in [0, 0.05) is 6.04 Å². The van der Waals surface area contributed by atoms with Gasteiger partial charge in [0.1, 0.15) is 0 Å². The largest absolute Gasteiger partial charge is 0.360 e. The zero-order valence-electron chi connectivity index (χ0n) is 11.5. The van der Waals surface area contributed by atoms with Gasteiger partial charge in [-0.15, -0.1) is 0 Å². The molecule has 3 rings (SSSR count). The van der Waals surface area contributed by atoms with E-state index in [-0.39, 0.29) is 0 Å². The van der Waals surface area contributed by atoms with Crippen LogP contribution in [0.1, 0.15) is 32.6 Å². The minimum atomic E-state index is 0.688. The van der Waals surface area contributed by atoms with Gasteiger partial charge in [-0.25, -0.2) is 0 Å². The first-order valence-corrected chi connectivity index (χ1v) is 8.06. The molecule has 3 atom stereocenters. The van der Waals surface area contributed by atoms with E-state index in [0.717, 1.165) is 30.0 Å². The Bertz CT molecular complexity index is 312. The smallest absolute Gasteiger partial charge is 0.169 e. The predicted molar refractivity (Wildman–Crippen MR) is 77.8 cm³/mol. The van der Waals surface area contributed by atoms with Gasteiger partial charge in [0.15, 0.2) is 5.11 Å². The van der Waals surface area contributed by atoms with Crippen LogP contribution < -0.4 is 10.2 Å². The van der Waals surface area contributed by atoms with E-state index in [4.69, 9.17) is 12.2 Å². The minimum absolute atomic E-state index is 0.688. The molecular formula is C14H26N3S+. The molecule has 2 bridgehead atoms. The van der Waals surface area contributed by atoms with E-state index < -0.39 is 0 Å². The highest BCUT2D eigenvalue weighted by Crippen LogP contribution is 2.44. The molecule has 0 spiro atoms. The molecule has 102 valence electrons. The average molecular weight is 268 g/mol. The number of hydrogen-bond donors (Lipinski definition) is 2. The lowest BCUT2D eigenvalue weighted by atomic mass is 9.95. The molecule has 0 aromatic carbocycles. The van der Waals surface area contributed by atoms with E-state index in [0.29, 0.717) is 6.04 Å². The van der Waals surface area contributed by atoms with Gasteiger partial charge in [-0.2, -0.15) is 0 Å². The monoisotopic (exact) mass is 268 g/mol. The van der Waals surface area contributed by atoms with E-state index in [2.05, 4.69) is 17.1 Å². The zero-order valence-corrected chi connectivity index (χ0v) is 12.3. The molecule has 0 amide bonds. The second-order valence-corrected chi connectivity index (χ2v) is 6.71. The normalized spacial score (nSPS) is 36.1. The lowest BCUT2D eigenvalue weighted by Crippen LogP contribution is -3.14. The Kier molecular flexibility index (Phi) is 3.76. The number of thiocarbonyl (C=S) groups is 1. The van der Waals surface area contributed by atoms with Gasteiger partial charge >= 0.3 is 0 Å². The maximum absolute atomic E-state index is 5.61. The molecule has 1 saturated heterocycles. The minimum Gasteiger partial charge on any atom is -0.360 e. The van der Waals surface area contributed by atoms with Gasteiger partial charge < -0.3 is 15.1 Å². The van der Waals surface area contributed by atoms with Crippen molar-refractivity contribution >= 4 is 17.3 Å². The third-order valence-corrected chi connectivity index (χ3v) is 5.68. The molecule has 1 heterocycles. The molecule has 2 saturated carbocycles. The third-order valence-electron chi connectivity index (χ3n) is 5.30. The Morgan fingerprint density at radius 3 is 2.61 bits per heavy atom. The Morgan fingerprint density at radius 1 is 1.28 bits per heavy atom. The molecule has 0 unspecified atom stereocenters. The molecule has 0 aromatic heterocycles. The Balaban J connectivity index is 1.47. The molecule has 0 aromatic rings. The molecule has 2 N–H and O–H groups in total. The fourth-order valence-electron chi connectivity index (χ4n) is 4.05. The fourth-order valence-corrected chi connectivity index (χ4v) is 4.38. The summed E-state index contributed by atoms with van der Waals surface area (Å²) >= 11 is 5.61. The summed E-state index contributed by atoms with van der Waals surface area (Å²) in [5, 5.41) is 4.69. The highest BCUT2D eigenvalue weighted by molar-refractivity contribution is 7.80. The van der Waals surface area contributed by atoms with Crippen LogP contribution in [0.5, 0.6) is 0 Å². The summed E-state index contributed by atoms with van der Waals surface area (Å²) in [6.45, 7) is 8.28. The SMILES string of the molecule is CC[NH+]1CCN(C(=S)N[C@@H]2C[C@@H]3CC[C@H]2C3)CC1. The van der Waals surface area contributed by atoms with Crippen LogP contribution in [0.2, 0.25) is 0 Å². The highest BCUT2D eigenvalue weighted by atomic mass is 32.1. The molecule has 18 heavy (non-hydrogen) atoms. The van der Waals surface area contributed by atoms with Crippen LogP contribution >= 0.6 is 12.2 Å². The van der Waals surface area contributed by atoms with E-state index in [9.17, 15) is 0 Å². The van der Waals surface area contributed by atoms with Crippen molar-refractivity contribution in [2.24, 2.45) is 11.8 Å². The van der Waals surface area contributed by atoms with Crippen LogP contribution in [0.25, 0.3) is 0 Å². The zero-order chi connectivity index (χ0) is 12.5. The molecule has 4 heteroatoms.